The molecule has 2 atom stereocenters. The molecule has 0 unspecified atom stereocenters. The third-order valence-electron chi connectivity index (χ3n) is 5.12. The van der Waals surface area contributed by atoms with E-state index in [0.717, 1.165) is 34.2 Å². The summed E-state index contributed by atoms with van der Waals surface area (Å²) in [5, 5.41) is 3.38. The Kier molecular flexibility index (Phi) is 7.29. The molecular formula is C23H24ClN3O3S. The number of hydrogen-bond acceptors (Lipinski definition) is 5. The summed E-state index contributed by atoms with van der Waals surface area (Å²) in [6.45, 7) is 1.14. The fourth-order valence-electron chi connectivity index (χ4n) is 3.54. The first kappa shape index (κ1) is 21.9. The minimum atomic E-state index is -0.691. The number of hydrogen-bond donors (Lipinski definition) is 1. The van der Waals surface area contributed by atoms with Crippen molar-refractivity contribution in [3.63, 3.8) is 0 Å². The van der Waals surface area contributed by atoms with Gasteiger partial charge in [0, 0.05) is 40.2 Å². The van der Waals surface area contributed by atoms with Crippen molar-refractivity contribution in [2.75, 3.05) is 17.7 Å². The predicted molar refractivity (Wildman–Crippen MR) is 122 cm³/mol. The van der Waals surface area contributed by atoms with Crippen LogP contribution in [0.2, 0.25) is 5.02 Å². The minimum Gasteiger partial charge on any atom is -0.345 e. The molecular weight excluding hydrogens is 434 g/mol. The van der Waals surface area contributed by atoms with E-state index in [1.165, 1.54) is 5.56 Å². The number of carbonyl (C=O) groups is 1. The highest BCUT2D eigenvalue weighted by molar-refractivity contribution is 7.99. The Bertz CT molecular complexity index is 967. The van der Waals surface area contributed by atoms with Crippen molar-refractivity contribution in [3.8, 4) is 0 Å². The van der Waals surface area contributed by atoms with E-state index in [0.29, 0.717) is 19.6 Å². The Balaban J connectivity index is 1.37. The molecule has 2 aromatic carbocycles. The molecule has 1 saturated heterocycles. The first-order valence-electron chi connectivity index (χ1n) is 10.1. The lowest BCUT2D eigenvalue weighted by molar-refractivity contribution is -0.180. The summed E-state index contributed by atoms with van der Waals surface area (Å²) in [7, 11) is 0. The molecule has 4 rings (SSSR count). The van der Waals surface area contributed by atoms with Crippen LogP contribution in [0.3, 0.4) is 0 Å². The van der Waals surface area contributed by atoms with Crippen molar-refractivity contribution in [1.29, 1.82) is 0 Å². The lowest BCUT2D eigenvalue weighted by Crippen LogP contribution is -2.37. The molecule has 0 saturated carbocycles. The van der Waals surface area contributed by atoms with E-state index in [1.807, 2.05) is 59.3 Å². The second kappa shape index (κ2) is 10.3. The van der Waals surface area contributed by atoms with E-state index in [4.69, 9.17) is 21.1 Å². The smallest absolute Gasteiger partial charge is 0.211 e. The zero-order valence-electron chi connectivity index (χ0n) is 16.9. The Labute approximate surface area is 190 Å². The van der Waals surface area contributed by atoms with Crippen LogP contribution in [0, 0.1) is 0 Å². The van der Waals surface area contributed by atoms with Crippen LogP contribution in [-0.4, -0.2) is 40.2 Å². The van der Waals surface area contributed by atoms with Crippen LogP contribution in [0.15, 0.2) is 72.1 Å². The maximum absolute atomic E-state index is 10.5. The molecule has 0 bridgehead atoms. The largest absolute Gasteiger partial charge is 0.345 e. The molecule has 1 aliphatic rings. The van der Waals surface area contributed by atoms with Gasteiger partial charge in [-0.15, -0.1) is 11.8 Å². The molecule has 1 N–H and O–H groups in total. The fourth-order valence-corrected chi connectivity index (χ4v) is 4.54. The zero-order valence-corrected chi connectivity index (χ0v) is 18.5. The van der Waals surface area contributed by atoms with Gasteiger partial charge in [-0.1, -0.05) is 23.7 Å². The highest BCUT2D eigenvalue weighted by Gasteiger charge is 2.41. The topological polar surface area (TPSA) is 65.4 Å². The average molecular weight is 458 g/mol. The number of anilines is 1. The van der Waals surface area contributed by atoms with Crippen LogP contribution in [0.1, 0.15) is 12.0 Å². The second-order valence-corrected chi connectivity index (χ2v) is 8.95. The van der Waals surface area contributed by atoms with Gasteiger partial charge in [-0.25, -0.2) is 4.98 Å². The monoisotopic (exact) mass is 457 g/mol. The summed E-state index contributed by atoms with van der Waals surface area (Å²) in [5.74, 6) is 0.0936. The normalized spacial score (nSPS) is 20.6. The summed E-state index contributed by atoms with van der Waals surface area (Å²) in [6.07, 6.45) is 7.71. The van der Waals surface area contributed by atoms with Crippen molar-refractivity contribution >= 4 is 35.5 Å². The molecule has 6 nitrogen and oxygen atoms in total. The van der Waals surface area contributed by atoms with E-state index in [-0.39, 0.29) is 6.10 Å². The van der Waals surface area contributed by atoms with Gasteiger partial charge in [0.05, 0.1) is 25.6 Å². The van der Waals surface area contributed by atoms with Crippen molar-refractivity contribution in [1.82, 2.24) is 9.55 Å². The molecule has 3 aromatic rings. The van der Waals surface area contributed by atoms with Gasteiger partial charge in [0.1, 0.15) is 0 Å². The van der Waals surface area contributed by atoms with Gasteiger partial charge < -0.3 is 19.4 Å². The number of ether oxygens (including phenoxy) is 2. The third kappa shape index (κ3) is 6.11. The van der Waals surface area contributed by atoms with Crippen LogP contribution >= 0.6 is 23.4 Å². The Hall–Kier alpha value is -2.32. The number of imidazole rings is 1. The van der Waals surface area contributed by atoms with E-state index >= 15 is 0 Å². The molecule has 31 heavy (non-hydrogen) atoms. The Morgan fingerprint density at radius 2 is 2.03 bits per heavy atom. The second-order valence-electron chi connectivity index (χ2n) is 7.42. The summed E-state index contributed by atoms with van der Waals surface area (Å²) in [6, 6.07) is 15.7. The number of nitrogens with one attached hydrogen (secondary N) is 1. The Morgan fingerprint density at radius 1 is 1.23 bits per heavy atom. The van der Waals surface area contributed by atoms with Gasteiger partial charge in [-0.05, 0) is 48.4 Å². The standard InChI is InChI=1S/C23H24ClN3O3S/c24-19-3-1-18(2-4-19)9-10-23(15-27-12-11-25-16-27)29-13-21(30-23)14-31-22-7-5-20(6-8-22)26-17-28/h1-8,11-12,16-17,21H,9-10,13-15H2,(H,26,28)/t21-,23-/m0/s1. The quantitative estimate of drug-likeness (QED) is 0.355. The number of rotatable bonds is 10. The molecule has 8 heteroatoms. The minimum absolute atomic E-state index is 0.00786. The highest BCUT2D eigenvalue weighted by atomic mass is 35.5. The van der Waals surface area contributed by atoms with Gasteiger partial charge in [-0.3, -0.25) is 4.79 Å². The molecule has 1 aliphatic heterocycles. The molecule has 2 heterocycles. The number of halogens is 1. The third-order valence-corrected chi connectivity index (χ3v) is 6.52. The molecule has 1 aromatic heterocycles. The number of amides is 1. The first-order valence-corrected chi connectivity index (χ1v) is 11.5. The van der Waals surface area contributed by atoms with Crippen molar-refractivity contribution in [2.24, 2.45) is 0 Å². The predicted octanol–water partition coefficient (Wildman–Crippen LogP) is 4.64. The van der Waals surface area contributed by atoms with Crippen LogP contribution in [0.4, 0.5) is 5.69 Å². The summed E-state index contributed by atoms with van der Waals surface area (Å²) >= 11 is 7.72. The van der Waals surface area contributed by atoms with Gasteiger partial charge in [-0.2, -0.15) is 0 Å². The molecule has 1 fully saturated rings. The van der Waals surface area contributed by atoms with Crippen LogP contribution in [0.25, 0.3) is 0 Å². The van der Waals surface area contributed by atoms with E-state index in [1.54, 1.807) is 24.3 Å². The van der Waals surface area contributed by atoms with Gasteiger partial charge in [0.15, 0.2) is 5.79 Å². The van der Waals surface area contributed by atoms with Crippen LogP contribution in [-0.2, 0) is 27.2 Å². The number of aryl methyl sites for hydroxylation is 1. The number of nitrogens with zero attached hydrogens (tertiary/aromatic N) is 2. The molecule has 162 valence electrons. The highest BCUT2D eigenvalue weighted by Crippen LogP contribution is 2.33. The lowest BCUT2D eigenvalue weighted by atomic mass is 10.0. The number of carbonyl (C=O) groups excluding carboxylic acids is 1. The molecule has 1 amide bonds. The molecule has 0 radical (unpaired) electrons. The summed E-state index contributed by atoms with van der Waals surface area (Å²) < 4.78 is 14.7. The van der Waals surface area contributed by atoms with E-state index in [2.05, 4.69) is 10.3 Å². The fraction of sp³-hybridized carbons (Fsp3) is 0.304. The SMILES string of the molecule is O=CNc1ccc(SC[C@@H]2CO[C@](CCc3ccc(Cl)cc3)(Cn3ccnc3)O2)cc1. The van der Waals surface area contributed by atoms with Gasteiger partial charge in [0.25, 0.3) is 0 Å². The van der Waals surface area contributed by atoms with E-state index < -0.39 is 5.79 Å². The van der Waals surface area contributed by atoms with Gasteiger partial charge >= 0.3 is 0 Å². The number of aromatic nitrogens is 2. The summed E-state index contributed by atoms with van der Waals surface area (Å²) in [5.41, 5.74) is 1.98. The Morgan fingerprint density at radius 3 is 2.74 bits per heavy atom. The zero-order chi connectivity index (χ0) is 21.5. The van der Waals surface area contributed by atoms with Crippen molar-refractivity contribution < 1.29 is 14.3 Å². The molecule has 0 aliphatic carbocycles. The van der Waals surface area contributed by atoms with E-state index in [9.17, 15) is 4.79 Å². The number of benzene rings is 2. The maximum atomic E-state index is 10.5. The van der Waals surface area contributed by atoms with Crippen LogP contribution in [0.5, 0.6) is 0 Å². The van der Waals surface area contributed by atoms with Gasteiger partial charge in [0.2, 0.25) is 6.41 Å². The summed E-state index contributed by atoms with van der Waals surface area (Å²) in [4.78, 5) is 15.8. The first-order chi connectivity index (χ1) is 15.1. The maximum Gasteiger partial charge on any atom is 0.211 e. The van der Waals surface area contributed by atoms with Crippen molar-refractivity contribution in [2.45, 2.75) is 36.2 Å². The molecule has 0 spiro atoms. The number of thioether (sulfide) groups is 1. The van der Waals surface area contributed by atoms with Crippen LogP contribution < -0.4 is 5.32 Å². The average Bonchev–Trinajstić information content (AvgIpc) is 3.44. The lowest BCUT2D eigenvalue weighted by Gasteiger charge is -2.28. The van der Waals surface area contributed by atoms with Crippen molar-refractivity contribution in [3.05, 3.63) is 77.8 Å².